The van der Waals surface area contributed by atoms with Crippen molar-refractivity contribution >= 4 is 11.7 Å². The quantitative estimate of drug-likeness (QED) is 0.878. The van der Waals surface area contributed by atoms with Crippen LogP contribution in [-0.2, 0) is 11.2 Å². The van der Waals surface area contributed by atoms with Gasteiger partial charge in [-0.05, 0) is 33.0 Å². The van der Waals surface area contributed by atoms with Crippen molar-refractivity contribution in [1.29, 1.82) is 0 Å². The van der Waals surface area contributed by atoms with E-state index in [1.807, 2.05) is 44.9 Å². The second kappa shape index (κ2) is 7.13. The van der Waals surface area contributed by atoms with E-state index in [9.17, 15) is 4.79 Å². The summed E-state index contributed by atoms with van der Waals surface area (Å²) in [6.45, 7) is 5.97. The molecule has 2 heterocycles. The molecule has 2 aromatic rings. The Balaban J connectivity index is 1.92. The van der Waals surface area contributed by atoms with Crippen molar-refractivity contribution in [3.8, 4) is 0 Å². The Kier molecular flexibility index (Phi) is 5.21. The first-order valence-corrected chi connectivity index (χ1v) is 7.25. The Morgan fingerprint density at radius 3 is 2.82 bits per heavy atom. The van der Waals surface area contributed by atoms with E-state index >= 15 is 0 Å². The maximum Gasteiger partial charge on any atom is 0.243 e. The summed E-state index contributed by atoms with van der Waals surface area (Å²) in [5.41, 5.74) is 0.859. The monoisotopic (exact) mass is 303 g/mol. The molecule has 0 fully saturated rings. The lowest BCUT2D eigenvalue weighted by atomic mass is 10.3. The summed E-state index contributed by atoms with van der Waals surface area (Å²) in [7, 11) is 1.84. The number of aryl methyl sites for hydroxylation is 2. The lowest BCUT2D eigenvalue weighted by Gasteiger charge is -2.20. The van der Waals surface area contributed by atoms with Crippen LogP contribution < -0.4 is 5.32 Å². The van der Waals surface area contributed by atoms with Crippen LogP contribution in [0.3, 0.4) is 0 Å². The van der Waals surface area contributed by atoms with E-state index in [2.05, 4.69) is 20.4 Å². The zero-order chi connectivity index (χ0) is 16.1. The Morgan fingerprint density at radius 2 is 2.18 bits per heavy atom. The number of carbonyl (C=O) groups is 1. The smallest absolute Gasteiger partial charge is 0.243 e. The summed E-state index contributed by atoms with van der Waals surface area (Å²) in [6, 6.07) is 5.36. The number of rotatable bonds is 6. The van der Waals surface area contributed by atoms with Gasteiger partial charge in [-0.1, -0.05) is 18.1 Å². The molecule has 0 spiro atoms. The van der Waals surface area contributed by atoms with Crippen LogP contribution in [0.2, 0.25) is 0 Å². The minimum absolute atomic E-state index is 0.135. The first kappa shape index (κ1) is 16.1. The zero-order valence-electron chi connectivity index (χ0n) is 13.3. The van der Waals surface area contributed by atoms with Crippen LogP contribution in [0.25, 0.3) is 0 Å². The number of nitrogens with zero attached hydrogens (tertiary/aromatic N) is 4. The number of hydrogen-bond donors (Lipinski definition) is 1. The molecular formula is C15H21N5O2. The van der Waals surface area contributed by atoms with Crippen molar-refractivity contribution in [2.75, 3.05) is 18.9 Å². The molecule has 7 heteroatoms. The van der Waals surface area contributed by atoms with Crippen LogP contribution in [0.5, 0.6) is 0 Å². The van der Waals surface area contributed by atoms with Crippen LogP contribution in [0, 0.1) is 6.92 Å². The molecule has 118 valence electrons. The molecule has 0 saturated carbocycles. The average molecular weight is 303 g/mol. The third-order valence-electron chi connectivity index (χ3n) is 3.37. The Bertz CT molecular complexity index is 640. The van der Waals surface area contributed by atoms with Gasteiger partial charge in [-0.2, -0.15) is 4.98 Å². The SMILES string of the molecule is CCc1noc([C@@H](C)N(C)CC(=O)Nc2cccc(C)n2)n1. The molecule has 1 atom stereocenters. The molecule has 0 aliphatic rings. The van der Waals surface area contributed by atoms with Gasteiger partial charge in [0.05, 0.1) is 12.6 Å². The minimum Gasteiger partial charge on any atom is -0.338 e. The highest BCUT2D eigenvalue weighted by Crippen LogP contribution is 2.16. The largest absolute Gasteiger partial charge is 0.338 e. The molecule has 2 aromatic heterocycles. The molecule has 0 radical (unpaired) electrons. The number of carbonyl (C=O) groups excluding carboxylic acids is 1. The number of amides is 1. The number of anilines is 1. The van der Waals surface area contributed by atoms with Gasteiger partial charge in [-0.25, -0.2) is 4.98 Å². The van der Waals surface area contributed by atoms with Crippen molar-refractivity contribution in [1.82, 2.24) is 20.0 Å². The van der Waals surface area contributed by atoms with E-state index in [1.165, 1.54) is 0 Å². The van der Waals surface area contributed by atoms with Crippen molar-refractivity contribution in [3.63, 3.8) is 0 Å². The second-order valence-electron chi connectivity index (χ2n) is 5.21. The van der Waals surface area contributed by atoms with Gasteiger partial charge in [0.25, 0.3) is 0 Å². The molecule has 0 saturated heterocycles. The van der Waals surface area contributed by atoms with Gasteiger partial charge in [0, 0.05) is 12.1 Å². The van der Waals surface area contributed by atoms with Gasteiger partial charge in [0.1, 0.15) is 5.82 Å². The number of likely N-dealkylation sites (N-methyl/N-ethyl adjacent to an activating group) is 1. The Hall–Kier alpha value is -2.28. The van der Waals surface area contributed by atoms with Crippen LogP contribution in [-0.4, -0.2) is 39.5 Å². The third-order valence-corrected chi connectivity index (χ3v) is 3.37. The molecule has 22 heavy (non-hydrogen) atoms. The van der Waals surface area contributed by atoms with E-state index in [4.69, 9.17) is 4.52 Å². The predicted molar refractivity (Wildman–Crippen MR) is 82.3 cm³/mol. The normalized spacial score (nSPS) is 12.4. The van der Waals surface area contributed by atoms with Gasteiger partial charge in [-0.3, -0.25) is 9.69 Å². The summed E-state index contributed by atoms with van der Waals surface area (Å²) in [6.07, 6.45) is 0.722. The highest BCUT2D eigenvalue weighted by Gasteiger charge is 2.20. The van der Waals surface area contributed by atoms with Crippen LogP contribution >= 0.6 is 0 Å². The Labute approximate surface area is 129 Å². The maximum atomic E-state index is 12.1. The summed E-state index contributed by atoms with van der Waals surface area (Å²) in [4.78, 5) is 22.5. The summed E-state index contributed by atoms with van der Waals surface area (Å²) < 4.78 is 5.21. The molecule has 0 aliphatic carbocycles. The fourth-order valence-corrected chi connectivity index (χ4v) is 1.93. The topological polar surface area (TPSA) is 84.2 Å². The number of aromatic nitrogens is 3. The van der Waals surface area contributed by atoms with E-state index < -0.39 is 0 Å². The lowest BCUT2D eigenvalue weighted by Crippen LogP contribution is -2.32. The third kappa shape index (κ3) is 4.11. The molecule has 1 amide bonds. The van der Waals surface area contributed by atoms with Crippen LogP contribution in [0.1, 0.15) is 37.3 Å². The molecule has 0 unspecified atom stereocenters. The molecule has 0 bridgehead atoms. The molecular weight excluding hydrogens is 282 g/mol. The number of hydrogen-bond acceptors (Lipinski definition) is 6. The minimum atomic E-state index is -0.136. The first-order chi connectivity index (χ1) is 10.5. The van der Waals surface area contributed by atoms with E-state index in [0.29, 0.717) is 17.5 Å². The number of pyridine rings is 1. The van der Waals surface area contributed by atoms with Crippen molar-refractivity contribution in [2.45, 2.75) is 33.2 Å². The van der Waals surface area contributed by atoms with Crippen LogP contribution in [0.15, 0.2) is 22.7 Å². The van der Waals surface area contributed by atoms with Gasteiger partial charge < -0.3 is 9.84 Å². The molecule has 0 aliphatic heterocycles. The molecule has 1 N–H and O–H groups in total. The molecule has 2 rings (SSSR count). The fraction of sp³-hybridized carbons (Fsp3) is 0.467. The van der Waals surface area contributed by atoms with Crippen LogP contribution in [0.4, 0.5) is 5.82 Å². The summed E-state index contributed by atoms with van der Waals surface area (Å²) >= 11 is 0. The lowest BCUT2D eigenvalue weighted by molar-refractivity contribution is -0.117. The van der Waals surface area contributed by atoms with E-state index in [-0.39, 0.29) is 18.5 Å². The fourth-order valence-electron chi connectivity index (χ4n) is 1.93. The first-order valence-electron chi connectivity index (χ1n) is 7.25. The van der Waals surface area contributed by atoms with Crippen molar-refractivity contribution in [2.24, 2.45) is 0 Å². The van der Waals surface area contributed by atoms with Gasteiger partial charge in [-0.15, -0.1) is 0 Å². The van der Waals surface area contributed by atoms with Gasteiger partial charge in [0.2, 0.25) is 11.8 Å². The highest BCUT2D eigenvalue weighted by atomic mass is 16.5. The van der Waals surface area contributed by atoms with Gasteiger partial charge in [0.15, 0.2) is 5.82 Å². The van der Waals surface area contributed by atoms with E-state index in [0.717, 1.165) is 12.1 Å². The van der Waals surface area contributed by atoms with E-state index in [1.54, 1.807) is 6.07 Å². The average Bonchev–Trinajstić information content (AvgIpc) is 2.95. The number of nitrogens with one attached hydrogen (secondary N) is 1. The Morgan fingerprint density at radius 1 is 1.41 bits per heavy atom. The summed E-state index contributed by atoms with van der Waals surface area (Å²) in [5, 5.41) is 6.65. The highest BCUT2D eigenvalue weighted by molar-refractivity contribution is 5.91. The van der Waals surface area contributed by atoms with Crippen molar-refractivity contribution < 1.29 is 9.32 Å². The molecule has 0 aromatic carbocycles. The zero-order valence-corrected chi connectivity index (χ0v) is 13.3. The molecule has 7 nitrogen and oxygen atoms in total. The van der Waals surface area contributed by atoms with Crippen molar-refractivity contribution in [3.05, 3.63) is 35.6 Å². The maximum absolute atomic E-state index is 12.1. The predicted octanol–water partition coefficient (Wildman–Crippen LogP) is 1.97. The standard InChI is InChI=1S/C15H21N5O2/c1-5-12-18-15(22-19-12)11(3)20(4)9-14(21)17-13-8-6-7-10(2)16-13/h6-8,11H,5,9H2,1-4H3,(H,16,17,21)/t11-/m1/s1. The van der Waals surface area contributed by atoms with Gasteiger partial charge >= 0.3 is 0 Å². The second-order valence-corrected chi connectivity index (χ2v) is 5.21. The summed E-state index contributed by atoms with van der Waals surface area (Å²) in [5.74, 6) is 1.60.